The molecule has 0 aliphatic rings. The number of nitrogens with zero attached hydrogens (tertiary/aromatic N) is 1. The second kappa shape index (κ2) is 8.59. The van der Waals surface area contributed by atoms with Crippen LogP contribution in [-0.4, -0.2) is 22.6 Å². The van der Waals surface area contributed by atoms with E-state index in [2.05, 4.69) is 31.5 Å². The van der Waals surface area contributed by atoms with Crippen molar-refractivity contribution in [3.63, 3.8) is 0 Å². The zero-order valence-electron chi connectivity index (χ0n) is 12.5. The predicted octanol–water partition coefficient (Wildman–Crippen LogP) is 3.05. The lowest BCUT2D eigenvalue weighted by molar-refractivity contribution is 0.0976. The lowest BCUT2D eigenvalue weighted by Gasteiger charge is -2.11. The molecule has 0 spiro atoms. The van der Waals surface area contributed by atoms with Gasteiger partial charge in [0, 0.05) is 24.5 Å². The third kappa shape index (κ3) is 5.30. The molecule has 0 saturated carbocycles. The summed E-state index contributed by atoms with van der Waals surface area (Å²) in [5, 5.41) is 5.88. The molecule has 5 nitrogen and oxygen atoms in total. The maximum atomic E-state index is 12.2. The number of halogens is 1. The number of amides is 1. The Morgan fingerprint density at radius 1 is 1.39 bits per heavy atom. The van der Waals surface area contributed by atoms with E-state index in [1.165, 1.54) is 0 Å². The molecule has 2 aromatic rings. The van der Waals surface area contributed by atoms with Gasteiger partial charge in [-0.1, -0.05) is 6.07 Å². The molecular formula is C16H16BrN3O2S. The molecule has 1 aromatic heterocycles. The van der Waals surface area contributed by atoms with E-state index in [9.17, 15) is 4.79 Å². The summed E-state index contributed by atoms with van der Waals surface area (Å²) in [5.74, 6) is 0.416. The van der Waals surface area contributed by atoms with Gasteiger partial charge in [0.15, 0.2) is 5.11 Å². The summed E-state index contributed by atoms with van der Waals surface area (Å²) >= 11 is 8.51. The van der Waals surface area contributed by atoms with Crippen LogP contribution in [0.25, 0.3) is 0 Å². The normalized spacial score (nSPS) is 10.0. The van der Waals surface area contributed by atoms with Crippen molar-refractivity contribution in [1.82, 2.24) is 15.6 Å². The Morgan fingerprint density at radius 2 is 2.22 bits per heavy atom. The molecule has 0 radical (unpaired) electrons. The van der Waals surface area contributed by atoms with Crippen molar-refractivity contribution in [3.05, 3.63) is 58.3 Å². The highest BCUT2D eigenvalue weighted by Gasteiger charge is 2.10. The Balaban J connectivity index is 1.90. The van der Waals surface area contributed by atoms with Gasteiger partial charge < -0.3 is 10.1 Å². The maximum Gasteiger partial charge on any atom is 0.257 e. The van der Waals surface area contributed by atoms with E-state index in [0.29, 0.717) is 24.5 Å². The van der Waals surface area contributed by atoms with Crippen LogP contribution in [0.3, 0.4) is 0 Å². The van der Waals surface area contributed by atoms with Crippen molar-refractivity contribution in [2.45, 2.75) is 13.5 Å². The van der Waals surface area contributed by atoms with E-state index < -0.39 is 0 Å². The summed E-state index contributed by atoms with van der Waals surface area (Å²) in [7, 11) is 0. The average Bonchev–Trinajstić information content (AvgIpc) is 2.56. The molecule has 1 aromatic carbocycles. The average molecular weight is 394 g/mol. The monoisotopic (exact) mass is 393 g/mol. The number of carbonyl (C=O) groups excluding carboxylic acids is 1. The van der Waals surface area contributed by atoms with Gasteiger partial charge in [0.2, 0.25) is 0 Å². The second-order valence-electron chi connectivity index (χ2n) is 4.58. The second-order valence-corrected chi connectivity index (χ2v) is 5.84. The van der Waals surface area contributed by atoms with Crippen molar-refractivity contribution in [2.24, 2.45) is 0 Å². The standard InChI is InChI=1S/C16H16BrN3O2S/c1-2-22-14-6-5-12(8-13(14)17)15(21)20-16(23)19-10-11-4-3-7-18-9-11/h3-9H,2,10H2,1H3,(H2,19,20,21,23). The predicted molar refractivity (Wildman–Crippen MR) is 96.5 cm³/mol. The van der Waals surface area contributed by atoms with E-state index in [4.69, 9.17) is 17.0 Å². The quantitative estimate of drug-likeness (QED) is 0.764. The molecule has 1 amide bonds. The molecule has 0 fully saturated rings. The fourth-order valence-electron chi connectivity index (χ4n) is 1.82. The molecule has 2 rings (SSSR count). The van der Waals surface area contributed by atoms with Gasteiger partial charge >= 0.3 is 0 Å². The molecule has 0 unspecified atom stereocenters. The van der Waals surface area contributed by atoms with Gasteiger partial charge in [0.05, 0.1) is 11.1 Å². The number of thiocarbonyl (C=S) groups is 1. The Bertz CT molecular complexity index is 695. The summed E-state index contributed by atoms with van der Waals surface area (Å²) in [4.78, 5) is 16.2. The summed E-state index contributed by atoms with van der Waals surface area (Å²) in [6, 6.07) is 8.90. The first-order valence-electron chi connectivity index (χ1n) is 7.00. The first kappa shape index (κ1) is 17.4. The van der Waals surface area contributed by atoms with Gasteiger partial charge in [0.1, 0.15) is 5.75 Å². The smallest absolute Gasteiger partial charge is 0.257 e. The topological polar surface area (TPSA) is 63.2 Å². The van der Waals surface area contributed by atoms with Gasteiger partial charge in [-0.15, -0.1) is 0 Å². The minimum Gasteiger partial charge on any atom is -0.493 e. The Labute approximate surface area is 148 Å². The molecule has 2 N–H and O–H groups in total. The Kier molecular flexibility index (Phi) is 6.49. The third-order valence-corrected chi connectivity index (χ3v) is 3.76. The molecule has 0 aliphatic carbocycles. The number of pyridine rings is 1. The van der Waals surface area contributed by atoms with Crippen LogP contribution in [0.4, 0.5) is 0 Å². The van der Waals surface area contributed by atoms with E-state index in [1.807, 2.05) is 19.1 Å². The molecular weight excluding hydrogens is 378 g/mol. The number of nitrogens with one attached hydrogen (secondary N) is 2. The summed E-state index contributed by atoms with van der Waals surface area (Å²) in [6.45, 7) is 2.96. The van der Waals surface area contributed by atoms with Gasteiger partial charge in [-0.25, -0.2) is 0 Å². The highest BCUT2D eigenvalue weighted by Crippen LogP contribution is 2.25. The Morgan fingerprint density at radius 3 is 2.87 bits per heavy atom. The van der Waals surface area contributed by atoms with E-state index in [1.54, 1.807) is 30.6 Å². The van der Waals surface area contributed by atoms with Gasteiger partial charge in [-0.2, -0.15) is 0 Å². The zero-order chi connectivity index (χ0) is 16.7. The summed E-state index contributed by atoms with van der Waals surface area (Å²) in [5.41, 5.74) is 1.47. The SMILES string of the molecule is CCOc1ccc(C(=O)NC(=S)NCc2cccnc2)cc1Br. The van der Waals surface area contributed by atoms with Crippen molar-refractivity contribution in [2.75, 3.05) is 6.61 Å². The molecule has 0 aliphatic heterocycles. The van der Waals surface area contributed by atoms with Crippen LogP contribution in [0, 0.1) is 0 Å². The van der Waals surface area contributed by atoms with Crippen LogP contribution < -0.4 is 15.4 Å². The number of benzene rings is 1. The van der Waals surface area contributed by atoms with Gasteiger partial charge in [0.25, 0.3) is 5.91 Å². The minimum absolute atomic E-state index is 0.267. The van der Waals surface area contributed by atoms with Crippen LogP contribution in [0.5, 0.6) is 5.75 Å². The van der Waals surface area contributed by atoms with E-state index in [0.717, 1.165) is 10.0 Å². The van der Waals surface area contributed by atoms with E-state index in [-0.39, 0.29) is 11.0 Å². The highest BCUT2D eigenvalue weighted by atomic mass is 79.9. The number of rotatable bonds is 5. The maximum absolute atomic E-state index is 12.2. The zero-order valence-corrected chi connectivity index (χ0v) is 14.9. The molecule has 23 heavy (non-hydrogen) atoms. The van der Waals surface area contributed by atoms with Crippen molar-refractivity contribution in [1.29, 1.82) is 0 Å². The fraction of sp³-hybridized carbons (Fsp3) is 0.188. The van der Waals surface area contributed by atoms with Gasteiger partial charge in [-0.05, 0) is 64.9 Å². The van der Waals surface area contributed by atoms with Crippen LogP contribution in [0.1, 0.15) is 22.8 Å². The number of ether oxygens (including phenoxy) is 1. The number of hydrogen-bond acceptors (Lipinski definition) is 4. The molecule has 0 saturated heterocycles. The van der Waals surface area contributed by atoms with Crippen LogP contribution >= 0.6 is 28.1 Å². The van der Waals surface area contributed by atoms with Crippen LogP contribution in [0.15, 0.2) is 47.2 Å². The lowest BCUT2D eigenvalue weighted by atomic mass is 10.2. The van der Waals surface area contributed by atoms with Crippen molar-refractivity contribution >= 4 is 39.2 Å². The number of carbonyl (C=O) groups is 1. The number of hydrogen-bond donors (Lipinski definition) is 2. The van der Waals surface area contributed by atoms with Crippen LogP contribution in [0.2, 0.25) is 0 Å². The first-order chi connectivity index (χ1) is 11.1. The van der Waals surface area contributed by atoms with Gasteiger partial charge in [-0.3, -0.25) is 15.1 Å². The summed E-state index contributed by atoms with van der Waals surface area (Å²) < 4.78 is 6.14. The van der Waals surface area contributed by atoms with Crippen molar-refractivity contribution in [3.8, 4) is 5.75 Å². The third-order valence-electron chi connectivity index (χ3n) is 2.90. The van der Waals surface area contributed by atoms with Crippen LogP contribution in [-0.2, 0) is 6.54 Å². The number of aromatic nitrogens is 1. The molecule has 7 heteroatoms. The largest absolute Gasteiger partial charge is 0.493 e. The van der Waals surface area contributed by atoms with E-state index >= 15 is 0 Å². The van der Waals surface area contributed by atoms with Crippen molar-refractivity contribution < 1.29 is 9.53 Å². The highest BCUT2D eigenvalue weighted by molar-refractivity contribution is 9.10. The summed E-state index contributed by atoms with van der Waals surface area (Å²) in [6.07, 6.45) is 3.44. The molecule has 0 bridgehead atoms. The first-order valence-corrected chi connectivity index (χ1v) is 8.20. The Hall–Kier alpha value is -1.99. The molecule has 120 valence electrons. The molecule has 0 atom stereocenters. The molecule has 1 heterocycles. The fourth-order valence-corrected chi connectivity index (χ4v) is 2.48. The minimum atomic E-state index is -0.280. The lowest BCUT2D eigenvalue weighted by Crippen LogP contribution is -2.38.